The predicted octanol–water partition coefficient (Wildman–Crippen LogP) is 5.95. The van der Waals surface area contributed by atoms with Crippen molar-refractivity contribution in [3.63, 3.8) is 0 Å². The number of hydrogen-bond acceptors (Lipinski definition) is 7. The third-order valence-corrected chi connectivity index (χ3v) is 7.10. The first-order chi connectivity index (χ1) is 18.5. The maximum atomic E-state index is 12.0. The van der Waals surface area contributed by atoms with Crippen LogP contribution in [0.15, 0.2) is 90.3 Å². The van der Waals surface area contributed by atoms with E-state index in [0.29, 0.717) is 28.3 Å². The molecule has 3 aromatic rings. The molecule has 8 nitrogen and oxygen atoms in total. The third kappa shape index (κ3) is 7.23. The van der Waals surface area contributed by atoms with Crippen LogP contribution in [-0.4, -0.2) is 40.7 Å². The van der Waals surface area contributed by atoms with Crippen molar-refractivity contribution in [3.05, 3.63) is 108 Å². The summed E-state index contributed by atoms with van der Waals surface area (Å²) in [4.78, 5) is 24.3. The summed E-state index contributed by atoms with van der Waals surface area (Å²) < 4.78 is 17.7. The Morgan fingerprint density at radius 2 is 1.84 bits per heavy atom. The molecule has 3 N–H and O–H groups in total. The molecule has 0 bridgehead atoms. The van der Waals surface area contributed by atoms with Crippen LogP contribution in [0.3, 0.4) is 0 Å². The number of anilines is 1. The van der Waals surface area contributed by atoms with Crippen LogP contribution in [0.25, 0.3) is 0 Å². The lowest BCUT2D eigenvalue weighted by Gasteiger charge is -2.36. The number of aromatic carboxylic acids is 1. The summed E-state index contributed by atoms with van der Waals surface area (Å²) >= 11 is 1.43. The quantitative estimate of drug-likeness (QED) is 0.216. The van der Waals surface area contributed by atoms with Gasteiger partial charge in [-0.05, 0) is 35.4 Å². The molecular weight excluding hydrogens is 506 g/mol. The number of carbonyl (C=O) groups is 2. The lowest BCUT2D eigenvalue weighted by molar-refractivity contribution is -0.245. The highest BCUT2D eigenvalue weighted by Gasteiger charge is 2.32. The van der Waals surface area contributed by atoms with Gasteiger partial charge in [0, 0.05) is 28.3 Å². The molecule has 4 rings (SSSR count). The molecule has 1 aliphatic heterocycles. The van der Waals surface area contributed by atoms with Crippen molar-refractivity contribution >= 4 is 29.5 Å². The smallest absolute Gasteiger partial charge is 0.411 e. The zero-order valence-electron chi connectivity index (χ0n) is 20.6. The lowest BCUT2D eigenvalue weighted by Crippen LogP contribution is -2.31. The number of ether oxygens (including phenoxy) is 3. The molecule has 3 atom stereocenters. The Balaban J connectivity index is 1.54. The second-order valence-corrected chi connectivity index (χ2v) is 9.66. The third-order valence-electron chi connectivity index (χ3n) is 5.89. The van der Waals surface area contributed by atoms with Gasteiger partial charge in [-0.1, -0.05) is 61.2 Å². The van der Waals surface area contributed by atoms with E-state index in [4.69, 9.17) is 14.2 Å². The summed E-state index contributed by atoms with van der Waals surface area (Å²) in [6, 6.07) is 21.6. The molecular formula is C29H29NO7S. The summed E-state index contributed by atoms with van der Waals surface area (Å²) in [5, 5.41) is 21.6. The SMILES string of the molecule is C=CCOC(=O)Nc1cccc(C2OC(CSc3ccccc3C(=O)O)CC(c3ccc(CO)cc3)O2)c1. The minimum Gasteiger partial charge on any atom is -0.478 e. The molecule has 198 valence electrons. The van der Waals surface area contributed by atoms with Crippen molar-refractivity contribution in [1.29, 1.82) is 0 Å². The van der Waals surface area contributed by atoms with Crippen LogP contribution in [0.1, 0.15) is 45.9 Å². The first kappa shape index (κ1) is 27.4. The molecule has 1 heterocycles. The van der Waals surface area contributed by atoms with E-state index in [2.05, 4.69) is 11.9 Å². The van der Waals surface area contributed by atoms with Gasteiger partial charge in [0.25, 0.3) is 0 Å². The van der Waals surface area contributed by atoms with Gasteiger partial charge in [-0.2, -0.15) is 0 Å². The van der Waals surface area contributed by atoms with E-state index in [-0.39, 0.29) is 31.0 Å². The Labute approximate surface area is 225 Å². The number of carboxylic acid groups (broad SMARTS) is 1. The fourth-order valence-corrected chi connectivity index (χ4v) is 5.09. The van der Waals surface area contributed by atoms with E-state index in [1.54, 1.807) is 36.4 Å². The number of aliphatic hydroxyl groups is 1. The molecule has 38 heavy (non-hydrogen) atoms. The molecule has 0 radical (unpaired) electrons. The van der Waals surface area contributed by atoms with Crippen LogP contribution in [-0.2, 0) is 20.8 Å². The molecule has 9 heteroatoms. The summed E-state index contributed by atoms with van der Waals surface area (Å²) in [6.07, 6.45) is 0.176. The van der Waals surface area contributed by atoms with Crippen molar-refractivity contribution in [2.45, 2.75) is 36.4 Å². The van der Waals surface area contributed by atoms with Crippen molar-refractivity contribution in [2.75, 3.05) is 17.7 Å². The topological polar surface area (TPSA) is 114 Å². The van der Waals surface area contributed by atoms with E-state index < -0.39 is 18.4 Å². The Hall–Kier alpha value is -3.63. The number of aliphatic hydroxyl groups excluding tert-OH is 1. The van der Waals surface area contributed by atoms with E-state index in [9.17, 15) is 19.8 Å². The maximum Gasteiger partial charge on any atom is 0.411 e. The minimum absolute atomic E-state index is 0.0468. The number of rotatable bonds is 10. The van der Waals surface area contributed by atoms with Gasteiger partial charge in [-0.3, -0.25) is 5.32 Å². The van der Waals surface area contributed by atoms with Gasteiger partial charge in [0.1, 0.15) is 6.61 Å². The van der Waals surface area contributed by atoms with Gasteiger partial charge in [0.15, 0.2) is 6.29 Å². The first-order valence-corrected chi connectivity index (χ1v) is 13.1. The molecule has 1 saturated heterocycles. The first-order valence-electron chi connectivity index (χ1n) is 12.1. The number of benzene rings is 3. The van der Waals surface area contributed by atoms with Gasteiger partial charge in [-0.15, -0.1) is 11.8 Å². The number of amides is 1. The number of hydrogen-bond donors (Lipinski definition) is 3. The van der Waals surface area contributed by atoms with Gasteiger partial charge in [0.05, 0.1) is 24.4 Å². The lowest BCUT2D eigenvalue weighted by atomic mass is 10.0. The number of carboxylic acids is 1. The Bertz CT molecular complexity index is 1260. The summed E-state index contributed by atoms with van der Waals surface area (Å²) in [6.45, 7) is 3.58. The minimum atomic E-state index is -0.975. The van der Waals surface area contributed by atoms with Crippen LogP contribution >= 0.6 is 11.8 Å². The monoisotopic (exact) mass is 535 g/mol. The Morgan fingerprint density at radius 3 is 2.58 bits per heavy atom. The Morgan fingerprint density at radius 1 is 1.05 bits per heavy atom. The van der Waals surface area contributed by atoms with E-state index in [0.717, 1.165) is 11.1 Å². The highest BCUT2D eigenvalue weighted by atomic mass is 32.2. The molecule has 3 unspecified atom stereocenters. The number of carbonyl (C=O) groups excluding carboxylic acids is 1. The normalized spacial score (nSPS) is 18.9. The molecule has 3 aromatic carbocycles. The van der Waals surface area contributed by atoms with Crippen molar-refractivity contribution < 1.29 is 34.0 Å². The molecule has 0 saturated carbocycles. The number of nitrogens with one attached hydrogen (secondary N) is 1. The maximum absolute atomic E-state index is 12.0. The average Bonchev–Trinajstić information content (AvgIpc) is 2.95. The zero-order chi connectivity index (χ0) is 26.9. The molecule has 1 aliphatic rings. The predicted molar refractivity (Wildman–Crippen MR) is 144 cm³/mol. The molecule has 1 fully saturated rings. The molecule has 0 aromatic heterocycles. The molecule has 0 aliphatic carbocycles. The fourth-order valence-electron chi connectivity index (χ4n) is 4.03. The summed E-state index contributed by atoms with van der Waals surface area (Å²) in [5.41, 5.74) is 3.23. The van der Waals surface area contributed by atoms with E-state index in [1.807, 2.05) is 36.4 Å². The summed E-state index contributed by atoms with van der Waals surface area (Å²) in [5.74, 6) is -0.460. The molecule has 1 amide bonds. The zero-order valence-corrected chi connectivity index (χ0v) is 21.4. The second kappa shape index (κ2) is 13.3. The van der Waals surface area contributed by atoms with Crippen molar-refractivity contribution in [1.82, 2.24) is 0 Å². The van der Waals surface area contributed by atoms with Crippen molar-refractivity contribution in [2.24, 2.45) is 0 Å². The number of thioether (sulfide) groups is 1. The summed E-state index contributed by atoms with van der Waals surface area (Å²) in [7, 11) is 0. The second-order valence-electron chi connectivity index (χ2n) is 8.60. The van der Waals surface area contributed by atoms with Gasteiger partial charge in [0.2, 0.25) is 0 Å². The highest BCUT2D eigenvalue weighted by Crippen LogP contribution is 2.40. The standard InChI is InChI=1S/C29H29NO7S/c1-2-14-35-29(34)30-22-7-5-6-21(15-22)28-36-23(18-38-26-9-4-3-8-24(26)27(32)33)16-25(37-28)20-12-10-19(17-31)11-13-20/h2-13,15,23,25,28,31H,1,14,16-18H2,(H,30,34)(H,32,33). The van der Waals surface area contributed by atoms with Crippen LogP contribution in [0.5, 0.6) is 0 Å². The fraction of sp³-hybridized carbons (Fsp3) is 0.241. The van der Waals surface area contributed by atoms with Crippen LogP contribution in [0.4, 0.5) is 10.5 Å². The van der Waals surface area contributed by atoms with Crippen LogP contribution < -0.4 is 5.32 Å². The van der Waals surface area contributed by atoms with E-state index >= 15 is 0 Å². The average molecular weight is 536 g/mol. The van der Waals surface area contributed by atoms with Crippen molar-refractivity contribution in [3.8, 4) is 0 Å². The van der Waals surface area contributed by atoms with Gasteiger partial charge >= 0.3 is 12.1 Å². The molecule has 0 spiro atoms. The van der Waals surface area contributed by atoms with Gasteiger partial charge < -0.3 is 24.4 Å². The van der Waals surface area contributed by atoms with E-state index in [1.165, 1.54) is 17.8 Å². The largest absolute Gasteiger partial charge is 0.478 e. The Kier molecular flexibility index (Phi) is 9.56. The van der Waals surface area contributed by atoms with Gasteiger partial charge in [-0.25, -0.2) is 9.59 Å². The van der Waals surface area contributed by atoms with Crippen LogP contribution in [0, 0.1) is 0 Å². The van der Waals surface area contributed by atoms with Crippen LogP contribution in [0.2, 0.25) is 0 Å². The highest BCUT2D eigenvalue weighted by molar-refractivity contribution is 7.99.